The molecule has 0 N–H and O–H groups in total. The van der Waals surface area contributed by atoms with Gasteiger partial charge in [0.15, 0.2) is 0 Å². The van der Waals surface area contributed by atoms with Gasteiger partial charge in [0.05, 0.1) is 11.4 Å². The SMILES string of the molecule is CC(=O)N(Cc1ccc2c(c1)CN(S(=O)(=O)c1ccc(Cl)cc1)CCO2)c1ccc(C)cc1. The molecule has 1 aliphatic rings. The van der Waals surface area contributed by atoms with Gasteiger partial charge in [0.2, 0.25) is 15.9 Å². The standard InChI is InChI=1S/C25H25ClN2O4S/c1-18-3-8-23(9-4-18)28(19(2)29)16-20-5-12-25-21(15-20)17-27(13-14-32-25)33(30,31)24-10-6-22(26)7-11-24/h3-12,15H,13-14,16-17H2,1-2H3. The molecule has 4 rings (SSSR count). The molecule has 0 aliphatic carbocycles. The van der Waals surface area contributed by atoms with Crippen LogP contribution in [0, 0.1) is 6.92 Å². The average Bonchev–Trinajstić information content (AvgIpc) is 3.01. The van der Waals surface area contributed by atoms with E-state index in [9.17, 15) is 13.2 Å². The maximum atomic E-state index is 13.2. The van der Waals surface area contributed by atoms with Crippen LogP contribution in [0.5, 0.6) is 5.75 Å². The molecule has 0 saturated heterocycles. The summed E-state index contributed by atoms with van der Waals surface area (Å²) in [6.07, 6.45) is 0. The Hall–Kier alpha value is -2.87. The van der Waals surface area contributed by atoms with Gasteiger partial charge in [-0.15, -0.1) is 0 Å². The first-order chi connectivity index (χ1) is 15.7. The van der Waals surface area contributed by atoms with Crippen LogP contribution in [0.4, 0.5) is 5.69 Å². The molecule has 8 heteroatoms. The first-order valence-corrected chi connectivity index (χ1v) is 12.4. The first-order valence-electron chi connectivity index (χ1n) is 10.6. The number of rotatable bonds is 5. The third-order valence-corrected chi connectivity index (χ3v) is 7.70. The monoisotopic (exact) mass is 484 g/mol. The van der Waals surface area contributed by atoms with E-state index in [4.69, 9.17) is 16.3 Å². The van der Waals surface area contributed by atoms with E-state index in [-0.39, 0.29) is 30.5 Å². The van der Waals surface area contributed by atoms with Crippen molar-refractivity contribution in [1.82, 2.24) is 4.31 Å². The molecule has 172 valence electrons. The maximum Gasteiger partial charge on any atom is 0.243 e. The Morgan fingerprint density at radius 2 is 1.76 bits per heavy atom. The Kier molecular flexibility index (Phi) is 6.74. The van der Waals surface area contributed by atoms with E-state index in [0.717, 1.165) is 22.4 Å². The third-order valence-electron chi connectivity index (χ3n) is 5.59. The number of amides is 1. The van der Waals surface area contributed by atoms with Gasteiger partial charge < -0.3 is 9.64 Å². The zero-order valence-electron chi connectivity index (χ0n) is 18.5. The van der Waals surface area contributed by atoms with Crippen LogP contribution in [-0.2, 0) is 27.9 Å². The van der Waals surface area contributed by atoms with Crippen molar-refractivity contribution in [2.45, 2.75) is 31.8 Å². The van der Waals surface area contributed by atoms with Crippen molar-refractivity contribution in [3.63, 3.8) is 0 Å². The Morgan fingerprint density at radius 3 is 2.42 bits per heavy atom. The molecule has 0 spiro atoms. The second-order valence-corrected chi connectivity index (χ2v) is 10.4. The number of hydrogen-bond acceptors (Lipinski definition) is 4. The van der Waals surface area contributed by atoms with Gasteiger partial charge >= 0.3 is 0 Å². The van der Waals surface area contributed by atoms with Gasteiger partial charge in [0, 0.05) is 36.3 Å². The smallest absolute Gasteiger partial charge is 0.243 e. The Balaban J connectivity index is 1.61. The summed E-state index contributed by atoms with van der Waals surface area (Å²) in [5.41, 5.74) is 3.58. The molecule has 0 atom stereocenters. The summed E-state index contributed by atoms with van der Waals surface area (Å²) < 4.78 is 33.6. The number of sulfonamides is 1. The highest BCUT2D eigenvalue weighted by molar-refractivity contribution is 7.89. The quantitative estimate of drug-likeness (QED) is 0.522. The molecule has 0 bridgehead atoms. The molecular formula is C25H25ClN2O4S. The molecule has 0 radical (unpaired) electrons. The molecule has 0 aromatic heterocycles. The lowest BCUT2D eigenvalue weighted by atomic mass is 10.1. The van der Waals surface area contributed by atoms with E-state index in [2.05, 4.69) is 0 Å². The molecule has 1 amide bonds. The molecule has 1 aliphatic heterocycles. The topological polar surface area (TPSA) is 66.9 Å². The minimum Gasteiger partial charge on any atom is -0.492 e. The Bertz CT molecular complexity index is 1260. The van der Waals surface area contributed by atoms with Gasteiger partial charge in [0.1, 0.15) is 12.4 Å². The van der Waals surface area contributed by atoms with Crippen LogP contribution < -0.4 is 9.64 Å². The number of hydrogen-bond donors (Lipinski definition) is 0. The number of carbonyl (C=O) groups excluding carboxylic acids is 1. The molecule has 3 aromatic rings. The summed E-state index contributed by atoms with van der Waals surface area (Å²) in [6.45, 7) is 4.57. The fraction of sp³-hybridized carbons (Fsp3) is 0.240. The highest BCUT2D eigenvalue weighted by Crippen LogP contribution is 2.29. The lowest BCUT2D eigenvalue weighted by Gasteiger charge is -2.23. The number of benzene rings is 3. The zero-order valence-corrected chi connectivity index (χ0v) is 20.1. The average molecular weight is 485 g/mol. The normalized spacial score (nSPS) is 14.2. The largest absolute Gasteiger partial charge is 0.492 e. The lowest BCUT2D eigenvalue weighted by molar-refractivity contribution is -0.116. The summed E-state index contributed by atoms with van der Waals surface area (Å²) in [6, 6.07) is 19.6. The number of aryl methyl sites for hydroxylation is 1. The van der Waals surface area contributed by atoms with Crippen LogP contribution in [-0.4, -0.2) is 31.8 Å². The van der Waals surface area contributed by atoms with Gasteiger partial charge in [-0.25, -0.2) is 8.42 Å². The summed E-state index contributed by atoms with van der Waals surface area (Å²) in [5, 5.41) is 0.478. The first kappa shape index (κ1) is 23.3. The van der Waals surface area contributed by atoms with Gasteiger partial charge in [-0.1, -0.05) is 35.4 Å². The molecule has 0 unspecified atom stereocenters. The van der Waals surface area contributed by atoms with Gasteiger partial charge in [-0.2, -0.15) is 4.31 Å². The molecule has 1 heterocycles. The molecule has 6 nitrogen and oxygen atoms in total. The summed E-state index contributed by atoms with van der Waals surface area (Å²) in [4.78, 5) is 14.2. The van der Waals surface area contributed by atoms with Crippen LogP contribution in [0.3, 0.4) is 0 Å². The lowest BCUT2D eigenvalue weighted by Crippen LogP contribution is -2.32. The number of ether oxygens (including phenoxy) is 1. The molecular weight excluding hydrogens is 460 g/mol. The third kappa shape index (κ3) is 5.21. The Labute approximate surface area is 199 Å². The van der Waals surface area contributed by atoms with Crippen molar-refractivity contribution in [2.24, 2.45) is 0 Å². The van der Waals surface area contributed by atoms with E-state index in [1.54, 1.807) is 17.0 Å². The number of carbonyl (C=O) groups is 1. The number of nitrogens with zero attached hydrogens (tertiary/aromatic N) is 2. The van der Waals surface area contributed by atoms with Crippen molar-refractivity contribution < 1.29 is 17.9 Å². The molecule has 3 aromatic carbocycles. The fourth-order valence-corrected chi connectivity index (χ4v) is 5.30. The van der Waals surface area contributed by atoms with Gasteiger partial charge in [0.25, 0.3) is 0 Å². The molecule has 33 heavy (non-hydrogen) atoms. The summed E-state index contributed by atoms with van der Waals surface area (Å²) in [7, 11) is -3.71. The highest BCUT2D eigenvalue weighted by atomic mass is 35.5. The minimum atomic E-state index is -3.71. The summed E-state index contributed by atoms with van der Waals surface area (Å²) in [5.74, 6) is 0.578. The fourth-order valence-electron chi connectivity index (χ4n) is 3.77. The van der Waals surface area contributed by atoms with Crippen molar-refractivity contribution >= 4 is 33.2 Å². The predicted molar refractivity (Wildman–Crippen MR) is 129 cm³/mol. The van der Waals surface area contributed by atoms with Gasteiger partial charge in [-0.3, -0.25) is 4.79 Å². The van der Waals surface area contributed by atoms with E-state index in [1.165, 1.54) is 23.4 Å². The van der Waals surface area contributed by atoms with Crippen LogP contribution in [0.1, 0.15) is 23.6 Å². The van der Waals surface area contributed by atoms with Crippen molar-refractivity contribution in [1.29, 1.82) is 0 Å². The van der Waals surface area contributed by atoms with Crippen LogP contribution >= 0.6 is 11.6 Å². The number of fused-ring (bicyclic) bond motifs is 1. The highest BCUT2D eigenvalue weighted by Gasteiger charge is 2.28. The van der Waals surface area contributed by atoms with Crippen LogP contribution in [0.15, 0.2) is 71.6 Å². The molecule has 0 fully saturated rings. The minimum absolute atomic E-state index is 0.0722. The van der Waals surface area contributed by atoms with E-state index in [1.807, 2.05) is 49.4 Å². The predicted octanol–water partition coefficient (Wildman–Crippen LogP) is 4.78. The second-order valence-electron chi connectivity index (χ2n) is 8.02. The van der Waals surface area contributed by atoms with E-state index >= 15 is 0 Å². The molecule has 0 saturated carbocycles. The maximum absolute atomic E-state index is 13.2. The Morgan fingerprint density at radius 1 is 1.06 bits per heavy atom. The van der Waals surface area contributed by atoms with E-state index < -0.39 is 10.0 Å². The summed E-state index contributed by atoms with van der Waals surface area (Å²) >= 11 is 5.92. The van der Waals surface area contributed by atoms with Crippen LogP contribution in [0.2, 0.25) is 5.02 Å². The second kappa shape index (κ2) is 9.55. The van der Waals surface area contributed by atoms with Crippen LogP contribution in [0.25, 0.3) is 0 Å². The van der Waals surface area contributed by atoms with E-state index in [0.29, 0.717) is 17.3 Å². The van der Waals surface area contributed by atoms with Crippen molar-refractivity contribution in [3.8, 4) is 5.75 Å². The van der Waals surface area contributed by atoms with Crippen molar-refractivity contribution in [2.75, 3.05) is 18.1 Å². The van der Waals surface area contributed by atoms with Crippen molar-refractivity contribution in [3.05, 3.63) is 88.4 Å². The zero-order chi connectivity index (χ0) is 23.6. The number of halogens is 1. The van der Waals surface area contributed by atoms with Gasteiger partial charge in [-0.05, 0) is 61.0 Å². The number of anilines is 1.